The Balaban J connectivity index is 2.99. The van der Waals surface area contributed by atoms with Crippen molar-refractivity contribution in [3.63, 3.8) is 0 Å². The SMILES string of the molecule is N#Cc1cc(F)cc2[nH]c(=O)c(O)cc12. The minimum atomic E-state index is -0.711. The van der Waals surface area contributed by atoms with Gasteiger partial charge in [0, 0.05) is 5.39 Å². The van der Waals surface area contributed by atoms with Crippen molar-refractivity contribution in [1.29, 1.82) is 5.26 Å². The minimum absolute atomic E-state index is 0.0663. The third kappa shape index (κ3) is 1.42. The fourth-order valence-electron chi connectivity index (χ4n) is 1.36. The molecule has 2 rings (SSSR count). The Labute approximate surface area is 83.2 Å². The van der Waals surface area contributed by atoms with Crippen LogP contribution >= 0.6 is 0 Å². The van der Waals surface area contributed by atoms with Crippen molar-refractivity contribution in [2.24, 2.45) is 0 Å². The van der Waals surface area contributed by atoms with E-state index in [1.807, 2.05) is 0 Å². The Morgan fingerprint density at radius 3 is 2.80 bits per heavy atom. The second-order valence-corrected chi connectivity index (χ2v) is 3.01. The van der Waals surface area contributed by atoms with Crippen molar-refractivity contribution in [1.82, 2.24) is 4.98 Å². The zero-order valence-corrected chi connectivity index (χ0v) is 7.41. The number of benzene rings is 1. The van der Waals surface area contributed by atoms with Crippen molar-refractivity contribution in [2.75, 3.05) is 0 Å². The third-order valence-electron chi connectivity index (χ3n) is 2.03. The molecule has 2 aromatic rings. The summed E-state index contributed by atoms with van der Waals surface area (Å²) in [5.41, 5.74) is -0.456. The van der Waals surface area contributed by atoms with Crippen LogP contribution in [-0.2, 0) is 0 Å². The molecular weight excluding hydrogens is 199 g/mol. The van der Waals surface area contributed by atoms with E-state index >= 15 is 0 Å². The molecule has 0 aliphatic rings. The number of hydrogen-bond donors (Lipinski definition) is 2. The molecule has 0 radical (unpaired) electrons. The first-order valence-electron chi connectivity index (χ1n) is 4.07. The molecule has 0 saturated carbocycles. The molecule has 0 aliphatic carbocycles. The van der Waals surface area contributed by atoms with E-state index in [0.29, 0.717) is 5.39 Å². The molecule has 0 spiro atoms. The van der Waals surface area contributed by atoms with Gasteiger partial charge in [-0.2, -0.15) is 5.26 Å². The number of aromatic amines is 1. The van der Waals surface area contributed by atoms with Crippen LogP contribution in [0.2, 0.25) is 0 Å². The Hall–Kier alpha value is -2.35. The highest BCUT2D eigenvalue weighted by molar-refractivity contribution is 5.85. The topological polar surface area (TPSA) is 76.9 Å². The molecule has 0 aliphatic heterocycles. The second-order valence-electron chi connectivity index (χ2n) is 3.01. The molecule has 74 valence electrons. The lowest BCUT2D eigenvalue weighted by atomic mass is 10.1. The number of nitriles is 1. The molecule has 1 aromatic carbocycles. The Morgan fingerprint density at radius 2 is 2.13 bits per heavy atom. The smallest absolute Gasteiger partial charge is 0.290 e. The number of aromatic hydroxyl groups is 1. The zero-order valence-electron chi connectivity index (χ0n) is 7.41. The van der Waals surface area contributed by atoms with Gasteiger partial charge in [0.05, 0.1) is 17.1 Å². The van der Waals surface area contributed by atoms with Crippen LogP contribution in [0.4, 0.5) is 4.39 Å². The van der Waals surface area contributed by atoms with E-state index in [9.17, 15) is 9.18 Å². The van der Waals surface area contributed by atoms with Gasteiger partial charge in [-0.3, -0.25) is 4.79 Å². The summed E-state index contributed by atoms with van der Waals surface area (Å²) in [5, 5.41) is 18.2. The Morgan fingerprint density at radius 1 is 1.40 bits per heavy atom. The van der Waals surface area contributed by atoms with Crippen molar-refractivity contribution < 1.29 is 9.50 Å². The van der Waals surface area contributed by atoms with Crippen molar-refractivity contribution >= 4 is 10.9 Å². The fraction of sp³-hybridized carbons (Fsp3) is 0. The molecule has 0 fully saturated rings. The van der Waals surface area contributed by atoms with Crippen LogP contribution in [0.25, 0.3) is 10.9 Å². The van der Waals surface area contributed by atoms with Gasteiger partial charge in [-0.25, -0.2) is 4.39 Å². The van der Waals surface area contributed by atoms with E-state index < -0.39 is 17.1 Å². The summed E-state index contributed by atoms with van der Waals surface area (Å²) >= 11 is 0. The molecule has 0 saturated heterocycles. The lowest BCUT2D eigenvalue weighted by Crippen LogP contribution is -2.05. The number of pyridine rings is 1. The van der Waals surface area contributed by atoms with E-state index in [2.05, 4.69) is 4.98 Å². The maximum atomic E-state index is 13.0. The van der Waals surface area contributed by atoms with E-state index in [0.717, 1.165) is 18.2 Å². The Bertz CT molecular complexity index is 640. The number of hydrogen-bond acceptors (Lipinski definition) is 3. The first-order chi connectivity index (χ1) is 7.11. The summed E-state index contributed by atoms with van der Waals surface area (Å²) < 4.78 is 13.0. The number of H-pyrrole nitrogens is 1. The van der Waals surface area contributed by atoms with Crippen molar-refractivity contribution in [3.05, 3.63) is 39.9 Å². The van der Waals surface area contributed by atoms with Gasteiger partial charge in [0.15, 0.2) is 5.75 Å². The van der Waals surface area contributed by atoms with Gasteiger partial charge >= 0.3 is 0 Å². The molecular formula is C10H5FN2O2. The number of nitrogens with one attached hydrogen (secondary N) is 1. The molecule has 4 nitrogen and oxygen atoms in total. The van der Waals surface area contributed by atoms with E-state index in [4.69, 9.17) is 10.4 Å². The molecule has 15 heavy (non-hydrogen) atoms. The first kappa shape index (κ1) is 9.21. The summed E-state index contributed by atoms with van der Waals surface area (Å²) in [5.74, 6) is -1.11. The minimum Gasteiger partial charge on any atom is -0.503 e. The van der Waals surface area contributed by atoms with E-state index in [1.54, 1.807) is 6.07 Å². The van der Waals surface area contributed by atoms with E-state index in [-0.39, 0.29) is 11.1 Å². The molecule has 5 heteroatoms. The van der Waals surface area contributed by atoms with Gasteiger partial charge in [-0.1, -0.05) is 0 Å². The molecule has 0 atom stereocenters. The van der Waals surface area contributed by atoms with Crippen LogP contribution in [-0.4, -0.2) is 10.1 Å². The van der Waals surface area contributed by atoms with Gasteiger partial charge in [0.2, 0.25) is 0 Å². The predicted molar refractivity (Wildman–Crippen MR) is 50.9 cm³/mol. The number of halogens is 1. The highest BCUT2D eigenvalue weighted by Crippen LogP contribution is 2.19. The average Bonchev–Trinajstić information content (AvgIpc) is 2.19. The number of fused-ring (bicyclic) bond motifs is 1. The summed E-state index contributed by atoms with van der Waals surface area (Å²) in [6.07, 6.45) is 0. The van der Waals surface area contributed by atoms with Gasteiger partial charge in [-0.05, 0) is 18.2 Å². The van der Waals surface area contributed by atoms with Crippen LogP contribution in [0, 0.1) is 17.1 Å². The zero-order chi connectivity index (χ0) is 11.0. The highest BCUT2D eigenvalue weighted by Gasteiger charge is 2.07. The quantitative estimate of drug-likeness (QED) is 0.677. The number of rotatable bonds is 0. The van der Waals surface area contributed by atoms with Crippen LogP contribution in [0.1, 0.15) is 5.56 Å². The second kappa shape index (κ2) is 3.10. The van der Waals surface area contributed by atoms with Crippen LogP contribution in [0.5, 0.6) is 5.75 Å². The average molecular weight is 204 g/mol. The maximum Gasteiger partial charge on any atom is 0.290 e. The molecule has 0 bridgehead atoms. The largest absolute Gasteiger partial charge is 0.503 e. The first-order valence-corrected chi connectivity index (χ1v) is 4.07. The molecule has 0 unspecified atom stereocenters. The summed E-state index contributed by atoms with van der Waals surface area (Å²) in [7, 11) is 0. The molecule has 1 heterocycles. The highest BCUT2D eigenvalue weighted by atomic mass is 19.1. The third-order valence-corrected chi connectivity index (χ3v) is 2.03. The van der Waals surface area contributed by atoms with E-state index in [1.165, 1.54) is 0 Å². The fourth-order valence-corrected chi connectivity index (χ4v) is 1.36. The van der Waals surface area contributed by atoms with Gasteiger partial charge in [-0.15, -0.1) is 0 Å². The maximum absolute atomic E-state index is 13.0. The predicted octanol–water partition coefficient (Wildman–Crippen LogP) is 1.24. The van der Waals surface area contributed by atoms with Crippen LogP contribution in [0.15, 0.2) is 23.0 Å². The molecule has 1 aromatic heterocycles. The summed E-state index contributed by atoms with van der Waals surface area (Å²) in [6.45, 7) is 0. The van der Waals surface area contributed by atoms with Gasteiger partial charge in [0.1, 0.15) is 5.82 Å². The van der Waals surface area contributed by atoms with Gasteiger partial charge < -0.3 is 10.1 Å². The van der Waals surface area contributed by atoms with Crippen LogP contribution in [0.3, 0.4) is 0 Å². The van der Waals surface area contributed by atoms with Crippen molar-refractivity contribution in [2.45, 2.75) is 0 Å². The normalized spacial score (nSPS) is 10.1. The summed E-state index contributed by atoms with van der Waals surface area (Å²) in [4.78, 5) is 13.3. The number of nitrogens with zero attached hydrogens (tertiary/aromatic N) is 1. The lowest BCUT2D eigenvalue weighted by molar-refractivity contribution is 0.468. The van der Waals surface area contributed by atoms with Crippen molar-refractivity contribution in [3.8, 4) is 11.8 Å². The van der Waals surface area contributed by atoms with Gasteiger partial charge in [0.25, 0.3) is 5.56 Å². The summed E-state index contributed by atoms with van der Waals surface area (Å²) in [6, 6.07) is 5.07. The molecule has 0 amide bonds. The monoisotopic (exact) mass is 204 g/mol. The van der Waals surface area contributed by atoms with Crippen LogP contribution < -0.4 is 5.56 Å². The standard InChI is InChI=1S/C10H5FN2O2/c11-6-1-5(4-12)7-3-9(14)10(15)13-8(7)2-6/h1-3,14H,(H,13,15). The lowest BCUT2D eigenvalue weighted by Gasteiger charge is -2.00. The number of aromatic nitrogens is 1. The molecule has 2 N–H and O–H groups in total. The Kier molecular flexibility index (Phi) is 1.90.